The molecule has 0 bridgehead atoms. The fourth-order valence-corrected chi connectivity index (χ4v) is 3.34. The first-order valence-corrected chi connectivity index (χ1v) is 8.66. The number of rotatable bonds is 6. The predicted molar refractivity (Wildman–Crippen MR) is 81.7 cm³/mol. The first-order valence-electron chi connectivity index (χ1n) is 7.05. The Balaban J connectivity index is 1.75. The maximum absolute atomic E-state index is 12.0. The molecule has 1 aliphatic rings. The minimum absolute atomic E-state index is 0.0695. The highest BCUT2D eigenvalue weighted by atomic mass is 32.2. The number of ether oxygens (including phenoxy) is 1. The Hall–Kier alpha value is -1.64. The number of hydrogen-bond donors (Lipinski definition) is 1. The molecule has 0 aromatic carbocycles. The summed E-state index contributed by atoms with van der Waals surface area (Å²) in [6, 6.07) is 3.55. The van der Waals surface area contributed by atoms with E-state index in [-0.39, 0.29) is 18.2 Å². The van der Waals surface area contributed by atoms with Crippen molar-refractivity contribution >= 4 is 22.0 Å². The number of nitrogens with zero attached hydrogens (tertiary/aromatic N) is 1. The van der Waals surface area contributed by atoms with Gasteiger partial charge >= 0.3 is 0 Å². The smallest absolute Gasteiger partial charge is 0.244 e. The lowest BCUT2D eigenvalue weighted by molar-refractivity contribution is -0.116. The normalized spacial score (nSPS) is 17.0. The molecule has 0 aliphatic carbocycles. The van der Waals surface area contributed by atoms with Crippen molar-refractivity contribution in [3.63, 3.8) is 0 Å². The first kappa shape index (κ1) is 16.7. The minimum atomic E-state index is -3.35. The van der Waals surface area contributed by atoms with E-state index in [9.17, 15) is 13.2 Å². The Kier molecular flexibility index (Phi) is 5.76. The summed E-state index contributed by atoms with van der Waals surface area (Å²) >= 11 is 0. The molecule has 0 spiro atoms. The van der Waals surface area contributed by atoms with Gasteiger partial charge in [0.15, 0.2) is 0 Å². The second-order valence-electron chi connectivity index (χ2n) is 4.90. The van der Waals surface area contributed by atoms with Crippen LogP contribution in [0.25, 0.3) is 6.08 Å². The fourth-order valence-electron chi connectivity index (χ4n) is 2.02. The molecule has 2 rings (SSSR count). The van der Waals surface area contributed by atoms with Crippen LogP contribution in [0.2, 0.25) is 0 Å². The number of sulfonamides is 1. The highest BCUT2D eigenvalue weighted by Crippen LogP contribution is 2.07. The molecule has 0 saturated carbocycles. The van der Waals surface area contributed by atoms with E-state index in [2.05, 4.69) is 5.32 Å². The Labute approximate surface area is 130 Å². The van der Waals surface area contributed by atoms with Crippen molar-refractivity contribution in [1.82, 2.24) is 9.62 Å². The van der Waals surface area contributed by atoms with Gasteiger partial charge in [0.1, 0.15) is 11.5 Å². The molecule has 1 saturated heterocycles. The molecule has 1 aliphatic heterocycles. The van der Waals surface area contributed by atoms with Gasteiger partial charge in [0.25, 0.3) is 0 Å². The summed E-state index contributed by atoms with van der Waals surface area (Å²) in [7, 11) is -3.35. The molecule has 0 atom stereocenters. The Morgan fingerprint density at radius 2 is 2.09 bits per heavy atom. The van der Waals surface area contributed by atoms with E-state index in [0.29, 0.717) is 32.1 Å². The molecule has 1 fully saturated rings. The van der Waals surface area contributed by atoms with Gasteiger partial charge in [0.2, 0.25) is 15.9 Å². The van der Waals surface area contributed by atoms with Gasteiger partial charge in [-0.1, -0.05) is 0 Å². The number of morpholine rings is 1. The summed E-state index contributed by atoms with van der Waals surface area (Å²) in [6.45, 7) is 3.45. The van der Waals surface area contributed by atoms with Crippen LogP contribution in [-0.4, -0.2) is 57.2 Å². The van der Waals surface area contributed by atoms with Crippen LogP contribution in [-0.2, 0) is 19.6 Å². The van der Waals surface area contributed by atoms with E-state index in [1.165, 1.54) is 10.4 Å². The minimum Gasteiger partial charge on any atom is -0.462 e. The maximum atomic E-state index is 12.0. The van der Waals surface area contributed by atoms with E-state index in [0.717, 1.165) is 5.76 Å². The predicted octanol–water partition coefficient (Wildman–Crippen LogP) is 0.379. The largest absolute Gasteiger partial charge is 0.462 e. The van der Waals surface area contributed by atoms with E-state index in [1.807, 2.05) is 6.92 Å². The summed E-state index contributed by atoms with van der Waals surface area (Å²) in [6.07, 6.45) is 2.86. The Bertz CT molecular complexity index is 629. The van der Waals surface area contributed by atoms with Crippen LogP contribution in [0.5, 0.6) is 0 Å². The molecule has 2 heterocycles. The van der Waals surface area contributed by atoms with Gasteiger partial charge < -0.3 is 14.5 Å². The summed E-state index contributed by atoms with van der Waals surface area (Å²) < 4.78 is 35.9. The molecule has 1 aromatic rings. The van der Waals surface area contributed by atoms with Crippen LogP contribution in [0, 0.1) is 6.92 Å². The van der Waals surface area contributed by atoms with Crippen molar-refractivity contribution in [2.75, 3.05) is 38.6 Å². The van der Waals surface area contributed by atoms with Crippen LogP contribution in [0.4, 0.5) is 0 Å². The Morgan fingerprint density at radius 3 is 2.73 bits per heavy atom. The zero-order valence-electron chi connectivity index (χ0n) is 12.4. The number of aryl methyl sites for hydroxylation is 1. The van der Waals surface area contributed by atoms with Crippen molar-refractivity contribution in [2.24, 2.45) is 0 Å². The molecule has 8 heteroatoms. The van der Waals surface area contributed by atoms with Gasteiger partial charge in [-0.2, -0.15) is 4.31 Å². The molecule has 1 N–H and O–H groups in total. The van der Waals surface area contributed by atoms with Gasteiger partial charge in [0, 0.05) is 25.7 Å². The van der Waals surface area contributed by atoms with E-state index >= 15 is 0 Å². The van der Waals surface area contributed by atoms with Crippen molar-refractivity contribution in [2.45, 2.75) is 6.92 Å². The summed E-state index contributed by atoms with van der Waals surface area (Å²) in [4.78, 5) is 11.6. The lowest BCUT2D eigenvalue weighted by Crippen LogP contribution is -2.43. The number of carbonyl (C=O) groups is 1. The summed E-state index contributed by atoms with van der Waals surface area (Å²) in [5.74, 6) is 0.864. The van der Waals surface area contributed by atoms with Crippen molar-refractivity contribution in [3.05, 3.63) is 29.7 Å². The zero-order chi connectivity index (χ0) is 16.0. The third kappa shape index (κ3) is 4.97. The van der Waals surface area contributed by atoms with Gasteiger partial charge in [-0.25, -0.2) is 8.42 Å². The fraction of sp³-hybridized carbons (Fsp3) is 0.500. The zero-order valence-corrected chi connectivity index (χ0v) is 13.3. The third-order valence-electron chi connectivity index (χ3n) is 3.18. The molecule has 7 nitrogen and oxygen atoms in total. The highest BCUT2D eigenvalue weighted by molar-refractivity contribution is 7.89. The second kappa shape index (κ2) is 7.57. The highest BCUT2D eigenvalue weighted by Gasteiger charge is 2.23. The number of nitrogens with one attached hydrogen (secondary N) is 1. The molecule has 0 unspecified atom stereocenters. The molecule has 1 aromatic heterocycles. The summed E-state index contributed by atoms with van der Waals surface area (Å²) in [5, 5.41) is 2.55. The van der Waals surface area contributed by atoms with Crippen LogP contribution >= 0.6 is 0 Å². The molecule has 122 valence electrons. The van der Waals surface area contributed by atoms with Crippen LogP contribution in [0.15, 0.2) is 22.6 Å². The lowest BCUT2D eigenvalue weighted by atomic mass is 10.4. The SMILES string of the molecule is Cc1ccc(C=CC(=O)NCCS(=O)(=O)N2CCOCC2)o1. The number of furan rings is 1. The average Bonchev–Trinajstić information content (AvgIpc) is 2.91. The molecule has 1 amide bonds. The standard InChI is InChI=1S/C14H20N2O5S/c1-12-2-3-13(21-12)4-5-14(17)15-6-11-22(18,19)16-7-9-20-10-8-16/h2-5H,6-11H2,1H3,(H,15,17). The number of carbonyl (C=O) groups excluding carboxylic acids is 1. The topological polar surface area (TPSA) is 88.9 Å². The van der Waals surface area contributed by atoms with Gasteiger partial charge in [-0.15, -0.1) is 0 Å². The maximum Gasteiger partial charge on any atom is 0.244 e. The monoisotopic (exact) mass is 328 g/mol. The van der Waals surface area contributed by atoms with Gasteiger partial charge in [0.05, 0.1) is 19.0 Å². The van der Waals surface area contributed by atoms with E-state index in [1.54, 1.807) is 18.2 Å². The average molecular weight is 328 g/mol. The summed E-state index contributed by atoms with van der Waals surface area (Å²) in [5.41, 5.74) is 0. The van der Waals surface area contributed by atoms with Gasteiger partial charge in [-0.3, -0.25) is 4.79 Å². The molecular formula is C14H20N2O5S. The van der Waals surface area contributed by atoms with E-state index in [4.69, 9.17) is 9.15 Å². The quantitative estimate of drug-likeness (QED) is 0.763. The molecule has 0 radical (unpaired) electrons. The first-order chi connectivity index (χ1) is 10.5. The van der Waals surface area contributed by atoms with E-state index < -0.39 is 10.0 Å². The second-order valence-corrected chi connectivity index (χ2v) is 6.99. The molecule has 22 heavy (non-hydrogen) atoms. The van der Waals surface area contributed by atoms with Crippen LogP contribution < -0.4 is 5.32 Å². The third-order valence-corrected chi connectivity index (χ3v) is 5.05. The Morgan fingerprint density at radius 1 is 1.36 bits per heavy atom. The van der Waals surface area contributed by atoms with Crippen molar-refractivity contribution in [3.8, 4) is 0 Å². The van der Waals surface area contributed by atoms with Crippen LogP contribution in [0.1, 0.15) is 11.5 Å². The molecular weight excluding hydrogens is 308 g/mol. The number of hydrogen-bond acceptors (Lipinski definition) is 5. The number of amides is 1. The van der Waals surface area contributed by atoms with Crippen molar-refractivity contribution < 1.29 is 22.4 Å². The van der Waals surface area contributed by atoms with Crippen LogP contribution in [0.3, 0.4) is 0 Å². The van der Waals surface area contributed by atoms with Crippen molar-refractivity contribution in [1.29, 1.82) is 0 Å². The lowest BCUT2D eigenvalue weighted by Gasteiger charge is -2.25. The van der Waals surface area contributed by atoms with Gasteiger partial charge in [-0.05, 0) is 25.1 Å².